The molecule has 0 amide bonds. The molecule has 0 saturated carbocycles. The van der Waals surface area contributed by atoms with Gasteiger partial charge in [0.25, 0.3) is 0 Å². The van der Waals surface area contributed by atoms with Crippen molar-refractivity contribution in [1.82, 2.24) is 10.2 Å². The molecule has 0 heterocycles. The van der Waals surface area contributed by atoms with Gasteiger partial charge in [0.05, 0.1) is 6.54 Å². The number of aliphatic imine (C=N–C) groups is 1. The second-order valence-corrected chi connectivity index (χ2v) is 4.57. The Kier molecular flexibility index (Phi) is 5.49. The molecular formula is C14H23N3O. The topological polar surface area (TPSA) is 36.9 Å². The van der Waals surface area contributed by atoms with E-state index in [1.54, 1.807) is 7.05 Å². The third-order valence-corrected chi connectivity index (χ3v) is 2.51. The standard InChI is InChI=1S/C14H23N3O/c1-11-7-6-8-13(9-11)18-12(2)10-16-14(15-3)17(4)5/h6-9,12H,10H2,1-5H3,(H,15,16). The number of hydrogen-bond acceptors (Lipinski definition) is 2. The van der Waals surface area contributed by atoms with E-state index >= 15 is 0 Å². The number of guanidine groups is 1. The fraction of sp³-hybridized carbons (Fsp3) is 0.500. The third kappa shape index (κ3) is 4.65. The fourth-order valence-corrected chi connectivity index (χ4v) is 1.63. The predicted octanol–water partition coefficient (Wildman–Crippen LogP) is 1.90. The van der Waals surface area contributed by atoms with Crippen LogP contribution in [0.3, 0.4) is 0 Å². The average Bonchev–Trinajstić information content (AvgIpc) is 2.29. The van der Waals surface area contributed by atoms with Crippen molar-refractivity contribution in [2.75, 3.05) is 27.7 Å². The van der Waals surface area contributed by atoms with E-state index in [9.17, 15) is 0 Å². The van der Waals surface area contributed by atoms with E-state index in [0.717, 1.165) is 18.3 Å². The molecule has 0 aliphatic carbocycles. The summed E-state index contributed by atoms with van der Waals surface area (Å²) in [6.45, 7) is 4.82. The van der Waals surface area contributed by atoms with E-state index in [4.69, 9.17) is 4.74 Å². The summed E-state index contributed by atoms with van der Waals surface area (Å²) in [6.07, 6.45) is 0.0866. The molecule has 1 aromatic carbocycles. The quantitative estimate of drug-likeness (QED) is 0.654. The molecule has 4 nitrogen and oxygen atoms in total. The number of aryl methyl sites for hydroxylation is 1. The molecule has 0 bridgehead atoms. The maximum atomic E-state index is 5.83. The van der Waals surface area contributed by atoms with Crippen LogP contribution < -0.4 is 10.1 Å². The predicted molar refractivity (Wildman–Crippen MR) is 76.3 cm³/mol. The van der Waals surface area contributed by atoms with Crippen LogP contribution in [0, 0.1) is 6.92 Å². The van der Waals surface area contributed by atoms with Crippen molar-refractivity contribution < 1.29 is 4.74 Å². The van der Waals surface area contributed by atoms with Gasteiger partial charge in [-0.15, -0.1) is 0 Å². The van der Waals surface area contributed by atoms with Crippen molar-refractivity contribution >= 4 is 5.96 Å². The molecule has 0 spiro atoms. The summed E-state index contributed by atoms with van der Waals surface area (Å²) in [7, 11) is 5.69. The first-order valence-electron chi connectivity index (χ1n) is 6.14. The Hall–Kier alpha value is -1.71. The molecule has 1 rings (SSSR count). The van der Waals surface area contributed by atoms with Gasteiger partial charge in [0, 0.05) is 21.1 Å². The van der Waals surface area contributed by atoms with Gasteiger partial charge in [-0.3, -0.25) is 4.99 Å². The number of benzene rings is 1. The minimum atomic E-state index is 0.0866. The number of hydrogen-bond donors (Lipinski definition) is 1. The van der Waals surface area contributed by atoms with Crippen LogP contribution in [0.1, 0.15) is 12.5 Å². The summed E-state index contributed by atoms with van der Waals surface area (Å²) in [5.74, 6) is 1.76. The SMILES string of the molecule is CN=C(NCC(C)Oc1cccc(C)c1)N(C)C. The van der Waals surface area contributed by atoms with Crippen LogP contribution in [0.15, 0.2) is 29.3 Å². The molecule has 100 valence electrons. The molecule has 1 atom stereocenters. The second kappa shape index (κ2) is 6.89. The van der Waals surface area contributed by atoms with Gasteiger partial charge in [-0.1, -0.05) is 12.1 Å². The number of nitrogens with zero attached hydrogens (tertiary/aromatic N) is 2. The highest BCUT2D eigenvalue weighted by Crippen LogP contribution is 2.13. The van der Waals surface area contributed by atoms with Crippen molar-refractivity contribution in [3.8, 4) is 5.75 Å². The zero-order valence-electron chi connectivity index (χ0n) is 11.9. The Bertz CT molecular complexity index is 402. The molecule has 0 aliphatic rings. The van der Waals surface area contributed by atoms with Gasteiger partial charge < -0.3 is 15.0 Å². The molecule has 0 radical (unpaired) electrons. The average molecular weight is 249 g/mol. The first-order valence-corrected chi connectivity index (χ1v) is 6.14. The smallest absolute Gasteiger partial charge is 0.193 e. The molecule has 1 N–H and O–H groups in total. The van der Waals surface area contributed by atoms with Crippen molar-refractivity contribution in [1.29, 1.82) is 0 Å². The van der Waals surface area contributed by atoms with E-state index < -0.39 is 0 Å². The van der Waals surface area contributed by atoms with Crippen molar-refractivity contribution in [3.05, 3.63) is 29.8 Å². The molecular weight excluding hydrogens is 226 g/mol. The summed E-state index contributed by atoms with van der Waals surface area (Å²) >= 11 is 0. The van der Waals surface area contributed by atoms with E-state index in [1.807, 2.05) is 44.1 Å². The fourth-order valence-electron chi connectivity index (χ4n) is 1.63. The largest absolute Gasteiger partial charge is 0.489 e. The van der Waals surface area contributed by atoms with Crippen LogP contribution >= 0.6 is 0 Å². The first-order chi connectivity index (χ1) is 8.52. The first kappa shape index (κ1) is 14.4. The number of rotatable bonds is 4. The van der Waals surface area contributed by atoms with Gasteiger partial charge in [-0.25, -0.2) is 0 Å². The number of nitrogens with one attached hydrogen (secondary N) is 1. The summed E-state index contributed by atoms with van der Waals surface area (Å²) < 4.78 is 5.83. The molecule has 0 aliphatic heterocycles. The van der Waals surface area contributed by atoms with E-state index in [1.165, 1.54) is 5.56 Å². The minimum Gasteiger partial charge on any atom is -0.489 e. The van der Waals surface area contributed by atoms with Gasteiger partial charge in [0.2, 0.25) is 0 Å². The molecule has 4 heteroatoms. The molecule has 0 fully saturated rings. The van der Waals surface area contributed by atoms with Gasteiger partial charge in [0.1, 0.15) is 11.9 Å². The molecule has 0 saturated heterocycles. The number of ether oxygens (including phenoxy) is 1. The lowest BCUT2D eigenvalue weighted by Gasteiger charge is -2.20. The Morgan fingerprint density at radius 3 is 2.72 bits per heavy atom. The maximum absolute atomic E-state index is 5.83. The van der Waals surface area contributed by atoms with Crippen molar-refractivity contribution in [2.24, 2.45) is 4.99 Å². The maximum Gasteiger partial charge on any atom is 0.193 e. The van der Waals surface area contributed by atoms with Crippen LogP contribution in [0.4, 0.5) is 0 Å². The Labute approximate surface area is 110 Å². The highest BCUT2D eigenvalue weighted by molar-refractivity contribution is 5.79. The molecule has 0 aromatic heterocycles. The van der Waals surface area contributed by atoms with E-state index in [2.05, 4.69) is 23.3 Å². The van der Waals surface area contributed by atoms with Crippen molar-refractivity contribution in [2.45, 2.75) is 20.0 Å². The Balaban J connectivity index is 2.45. The summed E-state index contributed by atoms with van der Waals surface area (Å²) in [6, 6.07) is 8.08. The zero-order valence-corrected chi connectivity index (χ0v) is 11.9. The zero-order chi connectivity index (χ0) is 13.5. The minimum absolute atomic E-state index is 0.0866. The summed E-state index contributed by atoms with van der Waals surface area (Å²) in [5, 5.41) is 3.25. The van der Waals surface area contributed by atoms with Gasteiger partial charge >= 0.3 is 0 Å². The van der Waals surface area contributed by atoms with E-state index in [0.29, 0.717) is 0 Å². The highest BCUT2D eigenvalue weighted by Gasteiger charge is 2.06. The van der Waals surface area contributed by atoms with Gasteiger partial charge in [-0.05, 0) is 31.5 Å². The van der Waals surface area contributed by atoms with Gasteiger partial charge in [-0.2, -0.15) is 0 Å². The van der Waals surface area contributed by atoms with Crippen LogP contribution in [-0.2, 0) is 0 Å². The Morgan fingerprint density at radius 2 is 2.17 bits per heavy atom. The lowest BCUT2D eigenvalue weighted by Crippen LogP contribution is -2.41. The normalized spacial score (nSPS) is 13.1. The van der Waals surface area contributed by atoms with Crippen LogP contribution in [0.25, 0.3) is 0 Å². The second-order valence-electron chi connectivity index (χ2n) is 4.57. The van der Waals surface area contributed by atoms with Crippen LogP contribution in [-0.4, -0.2) is 44.7 Å². The lowest BCUT2D eigenvalue weighted by molar-refractivity contribution is 0.223. The molecule has 1 aromatic rings. The summed E-state index contributed by atoms with van der Waals surface area (Å²) in [5.41, 5.74) is 1.21. The monoisotopic (exact) mass is 249 g/mol. The van der Waals surface area contributed by atoms with Crippen LogP contribution in [0.5, 0.6) is 5.75 Å². The van der Waals surface area contributed by atoms with Crippen molar-refractivity contribution in [3.63, 3.8) is 0 Å². The Morgan fingerprint density at radius 1 is 1.44 bits per heavy atom. The lowest BCUT2D eigenvalue weighted by atomic mass is 10.2. The van der Waals surface area contributed by atoms with Crippen LogP contribution in [0.2, 0.25) is 0 Å². The molecule has 1 unspecified atom stereocenters. The van der Waals surface area contributed by atoms with E-state index in [-0.39, 0.29) is 6.10 Å². The summed E-state index contributed by atoms with van der Waals surface area (Å²) in [4.78, 5) is 6.10. The highest BCUT2D eigenvalue weighted by atomic mass is 16.5. The van der Waals surface area contributed by atoms with Gasteiger partial charge in [0.15, 0.2) is 5.96 Å². The molecule has 18 heavy (non-hydrogen) atoms. The third-order valence-electron chi connectivity index (χ3n) is 2.51.